The number of pyridine rings is 1. The molecule has 0 spiro atoms. The van der Waals surface area contributed by atoms with Crippen molar-refractivity contribution in [1.82, 2.24) is 4.98 Å². The average molecular weight is 240 g/mol. The third-order valence-corrected chi connectivity index (χ3v) is 4.10. The molecule has 18 heavy (non-hydrogen) atoms. The minimum Gasteiger partial charge on any atom is -0.388 e. The number of rotatable bonds is 2. The molecule has 0 atom stereocenters. The SMILES string of the molecule is CNc1cc(C2CCCC2)nc2c(C)cccc12. The lowest BCUT2D eigenvalue weighted by molar-refractivity contribution is 0.701. The number of para-hydroxylation sites is 1. The van der Waals surface area contributed by atoms with Crippen molar-refractivity contribution in [2.24, 2.45) is 0 Å². The number of hydrogen-bond donors (Lipinski definition) is 1. The van der Waals surface area contributed by atoms with Crippen LogP contribution in [0.3, 0.4) is 0 Å². The first kappa shape index (κ1) is 11.5. The molecule has 0 bridgehead atoms. The number of hydrogen-bond acceptors (Lipinski definition) is 2. The summed E-state index contributed by atoms with van der Waals surface area (Å²) in [6, 6.07) is 8.65. The quantitative estimate of drug-likeness (QED) is 0.849. The third kappa shape index (κ3) is 1.86. The van der Waals surface area contributed by atoms with Gasteiger partial charge in [0.2, 0.25) is 0 Å². The fraction of sp³-hybridized carbons (Fsp3) is 0.438. The first-order valence-electron chi connectivity index (χ1n) is 6.87. The number of fused-ring (bicyclic) bond motifs is 1. The van der Waals surface area contributed by atoms with E-state index in [9.17, 15) is 0 Å². The van der Waals surface area contributed by atoms with Crippen LogP contribution in [0.15, 0.2) is 24.3 Å². The second kappa shape index (κ2) is 4.60. The van der Waals surface area contributed by atoms with Crippen molar-refractivity contribution in [2.45, 2.75) is 38.5 Å². The van der Waals surface area contributed by atoms with Crippen LogP contribution in [0.1, 0.15) is 42.9 Å². The summed E-state index contributed by atoms with van der Waals surface area (Å²) in [7, 11) is 2.00. The number of nitrogens with one attached hydrogen (secondary N) is 1. The molecule has 1 aromatic heterocycles. The van der Waals surface area contributed by atoms with Crippen molar-refractivity contribution in [3.63, 3.8) is 0 Å². The van der Waals surface area contributed by atoms with Gasteiger partial charge in [-0.1, -0.05) is 31.0 Å². The summed E-state index contributed by atoms with van der Waals surface area (Å²) in [4.78, 5) is 4.93. The van der Waals surface area contributed by atoms with Crippen LogP contribution < -0.4 is 5.32 Å². The number of aryl methyl sites for hydroxylation is 1. The van der Waals surface area contributed by atoms with E-state index in [0.29, 0.717) is 5.92 Å². The molecule has 0 saturated heterocycles. The van der Waals surface area contributed by atoms with E-state index in [1.54, 1.807) is 0 Å². The average Bonchev–Trinajstić information content (AvgIpc) is 2.92. The zero-order chi connectivity index (χ0) is 12.5. The summed E-state index contributed by atoms with van der Waals surface area (Å²) < 4.78 is 0. The van der Waals surface area contributed by atoms with Crippen LogP contribution in [0.4, 0.5) is 5.69 Å². The molecule has 2 heteroatoms. The molecule has 1 aromatic carbocycles. The van der Waals surface area contributed by atoms with E-state index in [0.717, 1.165) is 5.52 Å². The van der Waals surface area contributed by atoms with E-state index < -0.39 is 0 Å². The van der Waals surface area contributed by atoms with Crippen LogP contribution in [0, 0.1) is 6.92 Å². The lowest BCUT2D eigenvalue weighted by Crippen LogP contribution is -2.01. The Morgan fingerprint density at radius 1 is 1.22 bits per heavy atom. The van der Waals surface area contributed by atoms with Crippen LogP contribution in [-0.4, -0.2) is 12.0 Å². The van der Waals surface area contributed by atoms with Crippen molar-refractivity contribution in [3.05, 3.63) is 35.5 Å². The highest BCUT2D eigenvalue weighted by molar-refractivity contribution is 5.93. The lowest BCUT2D eigenvalue weighted by atomic mass is 10.0. The van der Waals surface area contributed by atoms with E-state index in [1.165, 1.54) is 48.0 Å². The summed E-state index contributed by atoms with van der Waals surface area (Å²) >= 11 is 0. The second-order valence-electron chi connectivity index (χ2n) is 5.30. The molecule has 1 N–H and O–H groups in total. The number of benzene rings is 1. The highest BCUT2D eigenvalue weighted by atomic mass is 14.8. The summed E-state index contributed by atoms with van der Waals surface area (Å²) in [5.41, 5.74) is 4.92. The zero-order valence-electron chi connectivity index (χ0n) is 11.2. The lowest BCUT2D eigenvalue weighted by Gasteiger charge is -2.14. The normalized spacial score (nSPS) is 16.3. The van der Waals surface area contributed by atoms with Crippen molar-refractivity contribution in [1.29, 1.82) is 0 Å². The van der Waals surface area contributed by atoms with E-state index >= 15 is 0 Å². The van der Waals surface area contributed by atoms with Crippen LogP contribution >= 0.6 is 0 Å². The van der Waals surface area contributed by atoms with E-state index in [-0.39, 0.29) is 0 Å². The molecule has 3 rings (SSSR count). The Labute approximate surface area is 108 Å². The van der Waals surface area contributed by atoms with Gasteiger partial charge in [0, 0.05) is 29.7 Å². The smallest absolute Gasteiger partial charge is 0.0755 e. The zero-order valence-corrected chi connectivity index (χ0v) is 11.2. The Bertz CT molecular complexity index is 569. The maximum Gasteiger partial charge on any atom is 0.0755 e. The van der Waals surface area contributed by atoms with Crippen molar-refractivity contribution >= 4 is 16.6 Å². The van der Waals surface area contributed by atoms with Crippen LogP contribution in [0.2, 0.25) is 0 Å². The fourth-order valence-electron chi connectivity index (χ4n) is 3.05. The van der Waals surface area contributed by atoms with Gasteiger partial charge in [0.05, 0.1) is 5.52 Å². The van der Waals surface area contributed by atoms with Crippen LogP contribution in [0.5, 0.6) is 0 Å². The van der Waals surface area contributed by atoms with E-state index in [2.05, 4.69) is 36.5 Å². The molecule has 2 aromatic rings. The molecular weight excluding hydrogens is 220 g/mol. The Kier molecular flexibility index (Phi) is 2.94. The number of aromatic nitrogens is 1. The molecule has 0 amide bonds. The van der Waals surface area contributed by atoms with Gasteiger partial charge in [0.25, 0.3) is 0 Å². The van der Waals surface area contributed by atoms with E-state index in [4.69, 9.17) is 4.98 Å². The van der Waals surface area contributed by atoms with E-state index in [1.807, 2.05) is 7.05 Å². The predicted octanol–water partition coefficient (Wildman–Crippen LogP) is 4.24. The summed E-state index contributed by atoms with van der Waals surface area (Å²) in [6.45, 7) is 2.15. The number of nitrogens with zero attached hydrogens (tertiary/aromatic N) is 1. The Balaban J connectivity index is 2.19. The number of anilines is 1. The maximum absolute atomic E-state index is 4.93. The van der Waals surface area contributed by atoms with Crippen LogP contribution in [0.25, 0.3) is 10.9 Å². The summed E-state index contributed by atoms with van der Waals surface area (Å²) in [5, 5.41) is 4.56. The van der Waals surface area contributed by atoms with Crippen molar-refractivity contribution in [3.8, 4) is 0 Å². The predicted molar refractivity (Wildman–Crippen MR) is 77.2 cm³/mol. The highest BCUT2D eigenvalue weighted by Crippen LogP contribution is 2.36. The van der Waals surface area contributed by atoms with Gasteiger partial charge in [-0.2, -0.15) is 0 Å². The summed E-state index contributed by atoms with van der Waals surface area (Å²) in [5.74, 6) is 0.668. The van der Waals surface area contributed by atoms with Crippen LogP contribution in [-0.2, 0) is 0 Å². The largest absolute Gasteiger partial charge is 0.388 e. The first-order valence-corrected chi connectivity index (χ1v) is 6.87. The molecule has 1 fully saturated rings. The van der Waals surface area contributed by atoms with Gasteiger partial charge in [-0.3, -0.25) is 4.98 Å². The monoisotopic (exact) mass is 240 g/mol. The summed E-state index contributed by atoms with van der Waals surface area (Å²) in [6.07, 6.45) is 5.31. The second-order valence-corrected chi connectivity index (χ2v) is 5.30. The molecule has 1 saturated carbocycles. The van der Waals surface area contributed by atoms with Gasteiger partial charge >= 0.3 is 0 Å². The molecule has 94 valence electrons. The van der Waals surface area contributed by atoms with Gasteiger partial charge in [0.1, 0.15) is 0 Å². The molecule has 0 radical (unpaired) electrons. The topological polar surface area (TPSA) is 24.9 Å². The Hall–Kier alpha value is -1.57. The van der Waals surface area contributed by atoms with Gasteiger partial charge in [-0.25, -0.2) is 0 Å². The third-order valence-electron chi connectivity index (χ3n) is 4.10. The minimum atomic E-state index is 0.668. The first-order chi connectivity index (χ1) is 8.79. The Morgan fingerprint density at radius 2 is 2.00 bits per heavy atom. The standard InChI is InChI=1S/C16H20N2/c1-11-6-5-9-13-15(17-2)10-14(18-16(11)13)12-7-3-4-8-12/h5-6,9-10,12H,3-4,7-8H2,1-2H3,(H,17,18). The highest BCUT2D eigenvalue weighted by Gasteiger charge is 2.19. The molecule has 1 heterocycles. The fourth-order valence-corrected chi connectivity index (χ4v) is 3.05. The molecular formula is C16H20N2. The maximum atomic E-state index is 4.93. The van der Waals surface area contributed by atoms with Gasteiger partial charge < -0.3 is 5.32 Å². The van der Waals surface area contributed by atoms with Gasteiger partial charge in [-0.15, -0.1) is 0 Å². The molecule has 1 aliphatic carbocycles. The van der Waals surface area contributed by atoms with Gasteiger partial charge in [0.15, 0.2) is 0 Å². The molecule has 1 aliphatic rings. The Morgan fingerprint density at radius 3 is 2.72 bits per heavy atom. The molecule has 0 unspecified atom stereocenters. The van der Waals surface area contributed by atoms with Crippen molar-refractivity contribution in [2.75, 3.05) is 12.4 Å². The molecule has 2 nitrogen and oxygen atoms in total. The van der Waals surface area contributed by atoms with Crippen molar-refractivity contribution < 1.29 is 0 Å². The molecule has 0 aliphatic heterocycles. The van der Waals surface area contributed by atoms with Gasteiger partial charge in [-0.05, 0) is 31.4 Å². The minimum absolute atomic E-state index is 0.668.